The van der Waals surface area contributed by atoms with Gasteiger partial charge < -0.3 is 9.67 Å². The van der Waals surface area contributed by atoms with Crippen LogP contribution >= 0.6 is 0 Å². The second kappa shape index (κ2) is 9.35. The number of aryl methyl sites for hydroxylation is 1. The fourth-order valence-electron chi connectivity index (χ4n) is 3.71. The van der Waals surface area contributed by atoms with E-state index in [1.165, 1.54) is 0 Å². The quantitative estimate of drug-likeness (QED) is 0.562. The molecule has 6 nitrogen and oxygen atoms in total. The van der Waals surface area contributed by atoms with E-state index in [-0.39, 0.29) is 0 Å². The maximum absolute atomic E-state index is 10.3. The van der Waals surface area contributed by atoms with Gasteiger partial charge >= 0.3 is 0 Å². The molecule has 0 unspecified atom stereocenters. The van der Waals surface area contributed by atoms with E-state index in [0.29, 0.717) is 17.1 Å². The smallest absolute Gasteiger partial charge is 0.114 e. The van der Waals surface area contributed by atoms with Crippen LogP contribution in [0, 0.1) is 5.41 Å². The number of nitrogens with one attached hydrogen (secondary N) is 1. The van der Waals surface area contributed by atoms with E-state index in [4.69, 9.17) is 10.4 Å². The minimum Gasteiger partial charge on any atom is -0.384 e. The molecule has 1 aliphatic rings. The van der Waals surface area contributed by atoms with Crippen molar-refractivity contribution in [2.75, 3.05) is 0 Å². The number of aromatic nitrogens is 4. The minimum atomic E-state index is -1.02. The number of rotatable bonds is 5. The molecule has 0 saturated heterocycles. The molecule has 2 N–H and O–H groups in total. The number of fused-ring (bicyclic) bond motifs is 1. The van der Waals surface area contributed by atoms with Gasteiger partial charge in [0.1, 0.15) is 17.1 Å². The number of hydrogen-bond donors (Lipinski definition) is 2. The number of aliphatic hydroxyl groups is 1. The molecule has 1 aliphatic heterocycles. The van der Waals surface area contributed by atoms with E-state index >= 15 is 0 Å². The second-order valence-electron chi connectivity index (χ2n) is 7.81. The standard InChI is InChI=1S/C23H25N5O.C2H6/c1-4-6-17(24)21-22(28-12-5-7-20(28)27-21)16-9-10-25-18(13-16)15-8-11-26-19(14-15)23(2,3)29;1-2/h4,6,8-11,13-14,24,29H,5,7,12H2,1-3H3;1-2H3/b6-4-,24-17?;. The Morgan fingerprint density at radius 3 is 2.55 bits per heavy atom. The Bertz CT molecular complexity index is 1110. The Labute approximate surface area is 184 Å². The van der Waals surface area contributed by atoms with Crippen LogP contribution in [0.5, 0.6) is 0 Å². The molecule has 3 aromatic rings. The molecule has 4 heterocycles. The lowest BCUT2D eigenvalue weighted by Crippen LogP contribution is -2.17. The highest BCUT2D eigenvalue weighted by Crippen LogP contribution is 2.32. The molecule has 6 heteroatoms. The van der Waals surface area contributed by atoms with Crippen LogP contribution in [0.4, 0.5) is 0 Å². The van der Waals surface area contributed by atoms with Crippen molar-refractivity contribution in [3.63, 3.8) is 0 Å². The third-order valence-corrected chi connectivity index (χ3v) is 5.13. The van der Waals surface area contributed by atoms with Crippen LogP contribution in [-0.4, -0.2) is 30.3 Å². The van der Waals surface area contributed by atoms with Crippen molar-refractivity contribution in [1.82, 2.24) is 19.5 Å². The molecule has 162 valence electrons. The number of nitrogens with zero attached hydrogens (tertiary/aromatic N) is 4. The summed E-state index contributed by atoms with van der Waals surface area (Å²) in [7, 11) is 0. The lowest BCUT2D eigenvalue weighted by molar-refractivity contribution is 0.0739. The van der Waals surface area contributed by atoms with E-state index in [0.717, 1.165) is 47.7 Å². The van der Waals surface area contributed by atoms with Crippen molar-refractivity contribution < 1.29 is 5.11 Å². The van der Waals surface area contributed by atoms with Gasteiger partial charge in [-0.2, -0.15) is 0 Å². The Balaban J connectivity index is 0.00000132. The molecule has 3 aromatic heterocycles. The highest BCUT2D eigenvalue weighted by molar-refractivity contribution is 6.09. The van der Waals surface area contributed by atoms with Crippen molar-refractivity contribution in [2.45, 2.75) is 59.6 Å². The Hall–Kier alpha value is -3.12. The van der Waals surface area contributed by atoms with Gasteiger partial charge in [-0.1, -0.05) is 19.9 Å². The van der Waals surface area contributed by atoms with Crippen molar-refractivity contribution in [3.8, 4) is 22.5 Å². The average Bonchev–Trinajstić information content (AvgIpc) is 3.36. The van der Waals surface area contributed by atoms with Crippen molar-refractivity contribution >= 4 is 5.71 Å². The van der Waals surface area contributed by atoms with Gasteiger partial charge in [0.05, 0.1) is 22.8 Å². The zero-order chi connectivity index (χ0) is 22.6. The Morgan fingerprint density at radius 2 is 1.84 bits per heavy atom. The molecule has 0 amide bonds. The molecular weight excluding hydrogens is 386 g/mol. The molecule has 0 spiro atoms. The van der Waals surface area contributed by atoms with Crippen LogP contribution in [-0.2, 0) is 18.6 Å². The van der Waals surface area contributed by atoms with Gasteiger partial charge in [0.2, 0.25) is 0 Å². The first-order chi connectivity index (χ1) is 14.9. The molecule has 4 rings (SSSR count). The summed E-state index contributed by atoms with van der Waals surface area (Å²) in [5.74, 6) is 1.04. The SMILES string of the molecule is C/C=C\C(=N)c1nc2n(c1-c1ccnc(-c3ccnc(C(C)(C)O)c3)c1)CCC2.CC. The van der Waals surface area contributed by atoms with Gasteiger partial charge in [0.15, 0.2) is 0 Å². The summed E-state index contributed by atoms with van der Waals surface area (Å²) in [5, 5.41) is 18.7. The average molecular weight is 418 g/mol. The zero-order valence-electron chi connectivity index (χ0n) is 19.0. The summed E-state index contributed by atoms with van der Waals surface area (Å²) < 4.78 is 2.22. The Kier molecular flexibility index (Phi) is 6.81. The maximum atomic E-state index is 10.3. The molecule has 31 heavy (non-hydrogen) atoms. The largest absolute Gasteiger partial charge is 0.384 e. The number of imidazole rings is 1. The van der Waals surface area contributed by atoms with E-state index < -0.39 is 5.60 Å². The van der Waals surface area contributed by atoms with E-state index in [1.807, 2.05) is 51.1 Å². The molecule has 0 aromatic carbocycles. The van der Waals surface area contributed by atoms with Crippen LogP contribution in [0.25, 0.3) is 22.5 Å². The van der Waals surface area contributed by atoms with Crippen LogP contribution < -0.4 is 0 Å². The summed E-state index contributed by atoms with van der Waals surface area (Å²) in [6.45, 7) is 10.3. The first kappa shape index (κ1) is 22.6. The molecule has 0 fully saturated rings. The van der Waals surface area contributed by atoms with Crippen LogP contribution in [0.3, 0.4) is 0 Å². The van der Waals surface area contributed by atoms with Gasteiger partial charge in [-0.25, -0.2) is 4.98 Å². The van der Waals surface area contributed by atoms with Crippen molar-refractivity contribution in [2.24, 2.45) is 0 Å². The lowest BCUT2D eigenvalue weighted by atomic mass is 10.0. The van der Waals surface area contributed by atoms with E-state index in [2.05, 4.69) is 14.5 Å². The Morgan fingerprint density at radius 1 is 1.13 bits per heavy atom. The normalized spacial score (nSPS) is 13.1. The summed E-state index contributed by atoms with van der Waals surface area (Å²) in [6, 6.07) is 7.76. The highest BCUT2D eigenvalue weighted by atomic mass is 16.3. The summed E-state index contributed by atoms with van der Waals surface area (Å²) in [6.07, 6.45) is 9.14. The summed E-state index contributed by atoms with van der Waals surface area (Å²) in [4.78, 5) is 13.6. The summed E-state index contributed by atoms with van der Waals surface area (Å²) in [5.41, 5.74) is 4.36. The third-order valence-electron chi connectivity index (χ3n) is 5.13. The topological polar surface area (TPSA) is 87.7 Å². The van der Waals surface area contributed by atoms with Crippen molar-refractivity contribution in [3.05, 3.63) is 66.0 Å². The molecule has 0 atom stereocenters. The molecule has 0 aliphatic carbocycles. The predicted octanol–water partition coefficient (Wildman–Crippen LogP) is 5.15. The molecular formula is C25H31N5O. The van der Waals surface area contributed by atoms with Gasteiger partial charge in [-0.3, -0.25) is 15.4 Å². The zero-order valence-corrected chi connectivity index (χ0v) is 19.0. The van der Waals surface area contributed by atoms with Crippen LogP contribution in [0.15, 0.2) is 48.8 Å². The number of hydrogen-bond acceptors (Lipinski definition) is 5. The van der Waals surface area contributed by atoms with Crippen LogP contribution in [0.2, 0.25) is 0 Å². The minimum absolute atomic E-state index is 0.413. The van der Waals surface area contributed by atoms with Gasteiger partial charge in [-0.15, -0.1) is 0 Å². The van der Waals surface area contributed by atoms with Gasteiger partial charge in [0.25, 0.3) is 0 Å². The van der Waals surface area contributed by atoms with E-state index in [1.54, 1.807) is 32.3 Å². The van der Waals surface area contributed by atoms with E-state index in [9.17, 15) is 5.11 Å². The van der Waals surface area contributed by atoms with Crippen molar-refractivity contribution in [1.29, 1.82) is 5.41 Å². The fourth-order valence-corrected chi connectivity index (χ4v) is 3.71. The van der Waals surface area contributed by atoms with Crippen LogP contribution in [0.1, 0.15) is 58.3 Å². The highest BCUT2D eigenvalue weighted by Gasteiger charge is 2.24. The molecule has 0 bridgehead atoms. The monoisotopic (exact) mass is 417 g/mol. The first-order valence-corrected chi connectivity index (χ1v) is 10.8. The maximum Gasteiger partial charge on any atom is 0.114 e. The summed E-state index contributed by atoms with van der Waals surface area (Å²) >= 11 is 0. The second-order valence-corrected chi connectivity index (χ2v) is 7.81. The number of allylic oxidation sites excluding steroid dienone is 2. The third kappa shape index (κ3) is 4.64. The van der Waals surface area contributed by atoms with Gasteiger partial charge in [0, 0.05) is 36.5 Å². The molecule has 0 radical (unpaired) electrons. The predicted molar refractivity (Wildman–Crippen MR) is 125 cm³/mol. The number of pyridine rings is 2. The molecule has 0 saturated carbocycles. The van der Waals surface area contributed by atoms with Gasteiger partial charge in [-0.05, 0) is 57.5 Å². The fraction of sp³-hybridized carbons (Fsp3) is 0.360. The first-order valence-electron chi connectivity index (χ1n) is 10.8. The lowest BCUT2D eigenvalue weighted by Gasteiger charge is -2.17.